The van der Waals surface area contributed by atoms with Crippen LogP contribution >= 0.6 is 0 Å². The molecular formula is C26H29FN2O7. The van der Waals surface area contributed by atoms with Gasteiger partial charge < -0.3 is 25.7 Å². The summed E-state index contributed by atoms with van der Waals surface area (Å²) in [4.78, 5) is 40.8. The van der Waals surface area contributed by atoms with Gasteiger partial charge in [-0.15, -0.1) is 0 Å². The largest absolute Gasteiger partial charge is 0.508 e. The molecule has 0 radical (unpaired) electrons. The number of aliphatic hydroxyl groups excluding tert-OH is 2. The van der Waals surface area contributed by atoms with Crippen LogP contribution in [0.1, 0.15) is 48.9 Å². The average Bonchev–Trinajstić information content (AvgIpc) is 3.24. The van der Waals surface area contributed by atoms with E-state index in [1.165, 1.54) is 13.1 Å². The first-order chi connectivity index (χ1) is 16.9. The highest BCUT2D eigenvalue weighted by atomic mass is 19.1. The number of halogens is 1. The minimum atomic E-state index is -2.64. The van der Waals surface area contributed by atoms with Crippen LogP contribution in [-0.4, -0.2) is 75.0 Å². The van der Waals surface area contributed by atoms with Crippen LogP contribution in [0, 0.1) is 17.7 Å². The Morgan fingerprint density at radius 2 is 1.94 bits per heavy atom. The van der Waals surface area contributed by atoms with E-state index in [4.69, 9.17) is 0 Å². The fourth-order valence-electron chi connectivity index (χ4n) is 6.72. The summed E-state index contributed by atoms with van der Waals surface area (Å²) in [5, 5.41) is 47.1. The van der Waals surface area contributed by atoms with E-state index in [2.05, 4.69) is 5.32 Å². The third-order valence-electron chi connectivity index (χ3n) is 8.46. The minimum absolute atomic E-state index is 0.0502. The number of fused-ring (bicyclic) bond motifs is 3. The Morgan fingerprint density at radius 1 is 1.25 bits per heavy atom. The van der Waals surface area contributed by atoms with Gasteiger partial charge in [0, 0.05) is 28.7 Å². The third-order valence-corrected chi connectivity index (χ3v) is 8.46. The van der Waals surface area contributed by atoms with Gasteiger partial charge in [-0.3, -0.25) is 19.3 Å². The molecule has 0 bridgehead atoms. The molecule has 192 valence electrons. The number of hydrogen-bond donors (Lipinski definition) is 5. The fourth-order valence-corrected chi connectivity index (χ4v) is 6.72. The molecule has 2 fully saturated rings. The highest BCUT2D eigenvalue weighted by Gasteiger charge is 2.63. The molecular weight excluding hydrogens is 471 g/mol. The van der Waals surface area contributed by atoms with Gasteiger partial charge in [0.05, 0.1) is 11.6 Å². The number of likely N-dealkylation sites (tertiary alicyclic amines) is 1. The van der Waals surface area contributed by atoms with Crippen LogP contribution in [0.3, 0.4) is 0 Å². The van der Waals surface area contributed by atoms with Gasteiger partial charge in [0.2, 0.25) is 5.78 Å². The lowest BCUT2D eigenvalue weighted by molar-refractivity contribution is -0.150. The van der Waals surface area contributed by atoms with E-state index in [9.17, 15) is 34.8 Å². The second kappa shape index (κ2) is 8.22. The monoisotopic (exact) mass is 500 g/mol. The molecule has 1 saturated heterocycles. The number of nitrogens with one attached hydrogen (secondary N) is 1. The van der Waals surface area contributed by atoms with Crippen LogP contribution in [0.4, 0.5) is 4.39 Å². The minimum Gasteiger partial charge on any atom is -0.508 e. The first-order valence-electron chi connectivity index (χ1n) is 12.1. The molecule has 1 aromatic rings. The quantitative estimate of drug-likeness (QED) is 0.391. The van der Waals surface area contributed by atoms with Gasteiger partial charge in [-0.05, 0) is 65.2 Å². The number of ketones is 3. The van der Waals surface area contributed by atoms with Crippen molar-refractivity contribution in [2.24, 2.45) is 11.8 Å². The van der Waals surface area contributed by atoms with E-state index in [1.54, 1.807) is 0 Å². The number of likely N-dealkylation sites (N-methyl/N-ethyl adjacent to an activating group) is 1. The van der Waals surface area contributed by atoms with E-state index in [-0.39, 0.29) is 41.3 Å². The van der Waals surface area contributed by atoms with Gasteiger partial charge in [0.25, 0.3) is 0 Å². The van der Waals surface area contributed by atoms with Crippen molar-refractivity contribution in [3.8, 4) is 5.75 Å². The number of phenols is 1. The molecule has 0 spiro atoms. The maximum absolute atomic E-state index is 15.8. The summed E-state index contributed by atoms with van der Waals surface area (Å²) in [6.07, 6.45) is 1.49. The molecule has 5 N–H and O–H groups in total. The lowest BCUT2D eigenvalue weighted by atomic mass is 9.57. The third kappa shape index (κ3) is 3.07. The predicted molar refractivity (Wildman–Crippen MR) is 126 cm³/mol. The van der Waals surface area contributed by atoms with Gasteiger partial charge in [-0.25, -0.2) is 4.39 Å². The Kier molecular flexibility index (Phi) is 5.62. The van der Waals surface area contributed by atoms with Gasteiger partial charge in [0.15, 0.2) is 17.2 Å². The Morgan fingerprint density at radius 3 is 2.53 bits per heavy atom. The van der Waals surface area contributed by atoms with Crippen LogP contribution in [0.25, 0.3) is 5.76 Å². The average molecular weight is 501 g/mol. The van der Waals surface area contributed by atoms with Crippen molar-refractivity contribution in [1.29, 1.82) is 0 Å². The summed E-state index contributed by atoms with van der Waals surface area (Å²) < 4.78 is 15.8. The van der Waals surface area contributed by atoms with E-state index >= 15 is 4.39 Å². The highest BCUT2D eigenvalue weighted by molar-refractivity contribution is 6.25. The standard InChI is InChI=1S/C26H29FN2O7/c1-10(30)17-23(33)21(28-2)14-8-11-7-13-19(22(32)18(11)25(35)26(14,36)24(17)34)16(31)9-12(20(13)27)15-5-4-6-29(15)3/h9,11,14-15,21,28,31-32,34,36H,4-8H2,1-3H3/t11-,14-,15?,21-,26+/m0/s1. The first kappa shape index (κ1) is 24.6. The van der Waals surface area contributed by atoms with Gasteiger partial charge in [-0.1, -0.05) is 0 Å². The Hall–Kier alpha value is -3.08. The zero-order valence-electron chi connectivity index (χ0n) is 20.3. The van der Waals surface area contributed by atoms with Crippen LogP contribution < -0.4 is 5.32 Å². The molecule has 36 heavy (non-hydrogen) atoms. The first-order valence-corrected chi connectivity index (χ1v) is 12.1. The zero-order chi connectivity index (χ0) is 26.3. The predicted octanol–water partition coefficient (Wildman–Crippen LogP) is 1.63. The van der Waals surface area contributed by atoms with E-state index in [1.807, 2.05) is 11.9 Å². The van der Waals surface area contributed by atoms with Gasteiger partial charge >= 0.3 is 0 Å². The molecule has 3 aliphatic carbocycles. The molecule has 4 aliphatic rings. The van der Waals surface area contributed by atoms with Crippen molar-refractivity contribution in [2.75, 3.05) is 20.6 Å². The SMILES string of the molecule is CN[C@@H]1C(=O)C(C(C)=O)=C(O)[C@@]2(O)C(=O)C3=C(O)c4c(O)cc(C5CCCN5C)c(F)c4C[C@H]3C[C@@H]12. The lowest BCUT2D eigenvalue weighted by Crippen LogP contribution is -2.65. The Balaban J connectivity index is 1.69. The van der Waals surface area contributed by atoms with Crippen molar-refractivity contribution in [2.45, 2.75) is 50.3 Å². The molecule has 10 heteroatoms. The van der Waals surface area contributed by atoms with Crippen molar-refractivity contribution in [1.82, 2.24) is 10.2 Å². The van der Waals surface area contributed by atoms with Crippen LogP contribution in [0.15, 0.2) is 23.0 Å². The number of aromatic hydroxyl groups is 1. The number of aliphatic hydroxyl groups is 3. The van der Waals surface area contributed by atoms with Crippen LogP contribution in [-0.2, 0) is 20.8 Å². The number of rotatable bonds is 3. The zero-order valence-corrected chi connectivity index (χ0v) is 20.3. The molecule has 1 saturated carbocycles. The van der Waals surface area contributed by atoms with E-state index in [0.29, 0.717) is 12.0 Å². The number of phenolic OH excluding ortho intramolecular Hbond substituents is 1. The highest BCUT2D eigenvalue weighted by Crippen LogP contribution is 2.53. The van der Waals surface area contributed by atoms with Crippen molar-refractivity contribution < 1.29 is 39.2 Å². The van der Waals surface area contributed by atoms with Gasteiger partial charge in [-0.2, -0.15) is 0 Å². The topological polar surface area (TPSA) is 147 Å². The number of hydrogen-bond acceptors (Lipinski definition) is 9. The molecule has 1 unspecified atom stereocenters. The van der Waals surface area contributed by atoms with E-state index < -0.39 is 63.7 Å². The summed E-state index contributed by atoms with van der Waals surface area (Å²) in [6, 6.07) is -0.122. The van der Waals surface area contributed by atoms with Crippen LogP contribution in [0.5, 0.6) is 5.75 Å². The van der Waals surface area contributed by atoms with Crippen LogP contribution in [0.2, 0.25) is 0 Å². The summed E-state index contributed by atoms with van der Waals surface area (Å²) in [5.74, 6) is -7.22. The molecule has 1 heterocycles. The van der Waals surface area contributed by atoms with Crippen molar-refractivity contribution >= 4 is 23.1 Å². The number of nitrogens with zero attached hydrogens (tertiary/aromatic N) is 1. The maximum atomic E-state index is 15.8. The molecule has 9 nitrogen and oxygen atoms in total. The number of carbonyl (C=O) groups excluding carboxylic acids is 3. The number of carbonyl (C=O) groups is 3. The Bertz CT molecular complexity index is 1290. The summed E-state index contributed by atoms with van der Waals surface area (Å²) >= 11 is 0. The molecule has 0 amide bonds. The summed E-state index contributed by atoms with van der Waals surface area (Å²) in [7, 11) is 3.31. The molecule has 5 rings (SSSR count). The second-order valence-corrected chi connectivity index (χ2v) is 10.3. The summed E-state index contributed by atoms with van der Waals surface area (Å²) in [6.45, 7) is 1.83. The molecule has 5 atom stereocenters. The fraction of sp³-hybridized carbons (Fsp3) is 0.500. The molecule has 1 aromatic carbocycles. The molecule has 1 aliphatic heterocycles. The van der Waals surface area contributed by atoms with Crippen molar-refractivity contribution in [3.63, 3.8) is 0 Å². The van der Waals surface area contributed by atoms with E-state index in [0.717, 1.165) is 19.9 Å². The van der Waals surface area contributed by atoms with Crippen molar-refractivity contribution in [3.05, 3.63) is 45.5 Å². The Labute approximate surface area is 206 Å². The lowest BCUT2D eigenvalue weighted by Gasteiger charge is -2.49. The summed E-state index contributed by atoms with van der Waals surface area (Å²) in [5.41, 5.74) is -3.40. The number of benzene rings is 1. The number of Topliss-reactive ketones (excluding diaryl/α,β-unsaturated/α-hetero) is 3. The maximum Gasteiger partial charge on any atom is 0.202 e. The molecule has 0 aromatic heterocycles. The normalized spacial score (nSPS) is 32.5. The smallest absolute Gasteiger partial charge is 0.202 e. The van der Waals surface area contributed by atoms with Gasteiger partial charge in [0.1, 0.15) is 28.7 Å². The second-order valence-electron chi connectivity index (χ2n) is 10.3.